The van der Waals surface area contributed by atoms with Crippen LogP contribution in [0.1, 0.15) is 37.0 Å². The highest BCUT2D eigenvalue weighted by Crippen LogP contribution is 2.17. The molecule has 0 aliphatic rings. The molecule has 122 valence electrons. The molecule has 0 fully saturated rings. The molecule has 1 N–H and O–H groups in total. The van der Waals surface area contributed by atoms with Crippen LogP contribution in [0, 0.1) is 12.8 Å². The first-order chi connectivity index (χ1) is 11.0. The molecular formula is C18H24N4O. The number of nitrogens with zero attached hydrogens (tertiary/aromatic N) is 3. The van der Waals surface area contributed by atoms with E-state index in [1.165, 1.54) is 0 Å². The summed E-state index contributed by atoms with van der Waals surface area (Å²) in [6.07, 6.45) is 0. The van der Waals surface area contributed by atoms with Crippen molar-refractivity contribution in [1.29, 1.82) is 0 Å². The molecule has 5 nitrogen and oxygen atoms in total. The van der Waals surface area contributed by atoms with Gasteiger partial charge in [0.1, 0.15) is 5.69 Å². The van der Waals surface area contributed by atoms with Crippen LogP contribution in [0.2, 0.25) is 0 Å². The topological polar surface area (TPSA) is 58.1 Å². The highest BCUT2D eigenvalue weighted by atomic mass is 16.2. The number of rotatable bonds is 6. The van der Waals surface area contributed by atoms with E-state index >= 15 is 0 Å². The van der Waals surface area contributed by atoms with E-state index in [4.69, 9.17) is 0 Å². The van der Waals surface area contributed by atoms with Gasteiger partial charge < -0.3 is 10.2 Å². The van der Waals surface area contributed by atoms with Gasteiger partial charge in [0.15, 0.2) is 0 Å². The van der Waals surface area contributed by atoms with Gasteiger partial charge in [0.25, 0.3) is 5.91 Å². The minimum absolute atomic E-state index is 0.114. The fourth-order valence-electron chi connectivity index (χ4n) is 2.24. The van der Waals surface area contributed by atoms with Crippen LogP contribution in [-0.4, -0.2) is 29.0 Å². The summed E-state index contributed by atoms with van der Waals surface area (Å²) in [4.78, 5) is 23.3. The zero-order valence-corrected chi connectivity index (χ0v) is 14.2. The highest BCUT2D eigenvalue weighted by Gasteiger charge is 2.18. The first kappa shape index (κ1) is 16.9. The molecule has 1 heterocycles. The predicted molar refractivity (Wildman–Crippen MR) is 93.9 cm³/mol. The van der Waals surface area contributed by atoms with Crippen molar-refractivity contribution >= 4 is 17.5 Å². The van der Waals surface area contributed by atoms with Crippen molar-refractivity contribution in [1.82, 2.24) is 9.97 Å². The van der Waals surface area contributed by atoms with E-state index in [-0.39, 0.29) is 5.91 Å². The van der Waals surface area contributed by atoms with Gasteiger partial charge in [0.05, 0.1) is 0 Å². The molecule has 0 bridgehead atoms. The second-order valence-corrected chi connectivity index (χ2v) is 5.88. The summed E-state index contributed by atoms with van der Waals surface area (Å²) in [5.41, 5.74) is 2.06. The first-order valence-corrected chi connectivity index (χ1v) is 7.97. The van der Waals surface area contributed by atoms with Gasteiger partial charge in [-0.15, -0.1) is 0 Å². The summed E-state index contributed by atoms with van der Waals surface area (Å²) >= 11 is 0. The summed E-state index contributed by atoms with van der Waals surface area (Å²) in [6.45, 7) is 9.41. The van der Waals surface area contributed by atoms with Gasteiger partial charge >= 0.3 is 0 Å². The van der Waals surface area contributed by atoms with Crippen LogP contribution in [0.4, 0.5) is 11.6 Å². The quantitative estimate of drug-likeness (QED) is 0.886. The largest absolute Gasteiger partial charge is 0.354 e. The molecule has 2 aromatic rings. The summed E-state index contributed by atoms with van der Waals surface area (Å²) in [6, 6.07) is 11.4. The van der Waals surface area contributed by atoms with E-state index in [0.29, 0.717) is 24.1 Å². The van der Waals surface area contributed by atoms with Gasteiger partial charge in [-0.1, -0.05) is 32.0 Å². The van der Waals surface area contributed by atoms with Gasteiger partial charge in [0.2, 0.25) is 5.95 Å². The number of carbonyl (C=O) groups excluding carboxylic acids is 1. The minimum Gasteiger partial charge on any atom is -0.354 e. The molecule has 5 heteroatoms. The van der Waals surface area contributed by atoms with Crippen LogP contribution < -0.4 is 10.2 Å². The maximum absolute atomic E-state index is 12.8. The van der Waals surface area contributed by atoms with Crippen LogP contribution in [0.15, 0.2) is 36.4 Å². The van der Waals surface area contributed by atoms with Crippen molar-refractivity contribution in [3.8, 4) is 0 Å². The Balaban J connectivity index is 2.27. The number of benzene rings is 1. The Hall–Kier alpha value is -2.43. The second kappa shape index (κ2) is 7.72. The number of nitrogens with one attached hydrogen (secondary N) is 1. The number of carbonyl (C=O) groups is 1. The average molecular weight is 312 g/mol. The van der Waals surface area contributed by atoms with E-state index in [1.807, 2.05) is 44.2 Å². The lowest BCUT2D eigenvalue weighted by atomic mass is 10.2. The third kappa shape index (κ3) is 4.52. The number of aromatic nitrogens is 2. The number of anilines is 2. The number of hydrogen-bond acceptors (Lipinski definition) is 4. The van der Waals surface area contributed by atoms with Crippen molar-refractivity contribution in [2.75, 3.05) is 23.3 Å². The molecule has 0 saturated carbocycles. The van der Waals surface area contributed by atoms with Crippen LogP contribution in [-0.2, 0) is 0 Å². The summed E-state index contributed by atoms with van der Waals surface area (Å²) in [5.74, 6) is 0.873. The molecule has 0 unspecified atom stereocenters. The lowest BCUT2D eigenvalue weighted by Gasteiger charge is -2.21. The van der Waals surface area contributed by atoms with E-state index in [1.54, 1.807) is 11.0 Å². The minimum atomic E-state index is -0.114. The molecule has 0 aliphatic heterocycles. The Morgan fingerprint density at radius 3 is 2.52 bits per heavy atom. The molecular weight excluding hydrogens is 288 g/mol. The average Bonchev–Trinajstić information content (AvgIpc) is 2.54. The maximum Gasteiger partial charge on any atom is 0.277 e. The van der Waals surface area contributed by atoms with Crippen molar-refractivity contribution in [2.45, 2.75) is 27.7 Å². The summed E-state index contributed by atoms with van der Waals surface area (Å²) in [7, 11) is 0. The van der Waals surface area contributed by atoms with Crippen LogP contribution in [0.25, 0.3) is 0 Å². The van der Waals surface area contributed by atoms with Crippen molar-refractivity contribution in [3.05, 3.63) is 47.8 Å². The standard InChI is InChI=1S/C18H24N4O/c1-5-22(15-9-7-6-8-10-15)17(23)16-11-14(4)20-18(21-16)19-12-13(2)3/h6-11,13H,5,12H2,1-4H3,(H,19,20,21). The lowest BCUT2D eigenvalue weighted by Crippen LogP contribution is -2.31. The monoisotopic (exact) mass is 312 g/mol. The molecule has 0 spiro atoms. The van der Waals surface area contributed by atoms with Gasteiger partial charge in [-0.05, 0) is 38.0 Å². The van der Waals surface area contributed by atoms with Crippen molar-refractivity contribution < 1.29 is 4.79 Å². The van der Waals surface area contributed by atoms with Gasteiger partial charge in [-0.25, -0.2) is 9.97 Å². The SMILES string of the molecule is CCN(C(=O)c1cc(C)nc(NCC(C)C)n1)c1ccccc1. The molecule has 1 amide bonds. The third-order valence-corrected chi connectivity index (χ3v) is 3.37. The number of para-hydroxylation sites is 1. The zero-order valence-electron chi connectivity index (χ0n) is 14.2. The second-order valence-electron chi connectivity index (χ2n) is 5.88. The normalized spacial score (nSPS) is 10.7. The highest BCUT2D eigenvalue weighted by molar-refractivity contribution is 6.04. The number of aryl methyl sites for hydroxylation is 1. The van der Waals surface area contributed by atoms with Gasteiger partial charge in [-0.2, -0.15) is 0 Å². The smallest absolute Gasteiger partial charge is 0.277 e. The van der Waals surface area contributed by atoms with Crippen molar-refractivity contribution in [3.63, 3.8) is 0 Å². The molecule has 0 radical (unpaired) electrons. The van der Waals surface area contributed by atoms with Crippen LogP contribution in [0.5, 0.6) is 0 Å². The van der Waals surface area contributed by atoms with Crippen LogP contribution >= 0.6 is 0 Å². The van der Waals surface area contributed by atoms with E-state index < -0.39 is 0 Å². The fourth-order valence-corrected chi connectivity index (χ4v) is 2.24. The maximum atomic E-state index is 12.8. The van der Waals surface area contributed by atoms with Crippen LogP contribution in [0.3, 0.4) is 0 Å². The summed E-state index contributed by atoms with van der Waals surface area (Å²) in [5, 5.41) is 3.18. The first-order valence-electron chi connectivity index (χ1n) is 7.97. The molecule has 23 heavy (non-hydrogen) atoms. The Labute approximate surface area is 137 Å². The summed E-state index contributed by atoms with van der Waals surface area (Å²) < 4.78 is 0. The van der Waals surface area contributed by atoms with Gasteiger partial charge in [0, 0.05) is 24.5 Å². The van der Waals surface area contributed by atoms with E-state index in [2.05, 4.69) is 29.1 Å². The van der Waals surface area contributed by atoms with E-state index in [9.17, 15) is 4.79 Å². The predicted octanol–water partition coefficient (Wildman–Crippen LogP) is 3.52. The van der Waals surface area contributed by atoms with Crippen molar-refractivity contribution in [2.24, 2.45) is 5.92 Å². The Morgan fingerprint density at radius 1 is 1.22 bits per heavy atom. The third-order valence-electron chi connectivity index (χ3n) is 3.37. The molecule has 1 aromatic heterocycles. The Morgan fingerprint density at radius 2 is 1.91 bits per heavy atom. The molecule has 2 rings (SSSR count). The zero-order chi connectivity index (χ0) is 16.8. The molecule has 0 saturated heterocycles. The van der Waals surface area contributed by atoms with E-state index in [0.717, 1.165) is 17.9 Å². The molecule has 1 aromatic carbocycles. The Kier molecular flexibility index (Phi) is 5.68. The fraction of sp³-hybridized carbons (Fsp3) is 0.389. The lowest BCUT2D eigenvalue weighted by molar-refractivity contribution is 0.0983. The molecule has 0 aliphatic carbocycles. The Bertz CT molecular complexity index is 655. The van der Waals surface area contributed by atoms with Gasteiger partial charge in [-0.3, -0.25) is 4.79 Å². The number of amides is 1. The number of hydrogen-bond donors (Lipinski definition) is 1. The molecule has 0 atom stereocenters.